The summed E-state index contributed by atoms with van der Waals surface area (Å²) in [5.41, 5.74) is 4.91. The maximum absolute atomic E-state index is 10.2. The van der Waals surface area contributed by atoms with Gasteiger partial charge in [-0.2, -0.15) is 0 Å². The van der Waals surface area contributed by atoms with Crippen LogP contribution < -0.4 is 4.90 Å². The molecular weight excluding hydrogens is 600 g/mol. The molecule has 3 radical (unpaired) electrons. The maximum atomic E-state index is 10.2. The van der Waals surface area contributed by atoms with Gasteiger partial charge in [0.2, 0.25) is 0 Å². The Morgan fingerprint density at radius 3 is 2.15 bits per heavy atom. The molecule has 0 spiro atoms. The number of hydrogen-bond donors (Lipinski definition) is 1. The largest absolute Gasteiger partial charge is 0.507 e. The topological polar surface area (TPSA) is 49.2 Å². The van der Waals surface area contributed by atoms with Crippen LogP contribution >= 0.6 is 0 Å². The summed E-state index contributed by atoms with van der Waals surface area (Å²) < 4.78 is 0. The van der Waals surface area contributed by atoms with Crippen molar-refractivity contribution in [3.63, 3.8) is 0 Å². The number of para-hydroxylation sites is 2. The molecule has 3 aromatic carbocycles. The molecular formula is C28H20BN3OPt-. The Labute approximate surface area is 215 Å². The van der Waals surface area contributed by atoms with Crippen LogP contribution in [0.5, 0.6) is 5.75 Å². The minimum Gasteiger partial charge on any atom is -0.507 e. The molecule has 0 saturated heterocycles. The quantitative estimate of drug-likeness (QED) is 0.183. The van der Waals surface area contributed by atoms with Gasteiger partial charge in [-0.25, -0.2) is 4.98 Å². The molecule has 34 heavy (non-hydrogen) atoms. The number of pyridine rings is 2. The van der Waals surface area contributed by atoms with Gasteiger partial charge < -0.3 is 10.0 Å². The minimum absolute atomic E-state index is 0. The van der Waals surface area contributed by atoms with E-state index in [1.165, 1.54) is 0 Å². The molecule has 5 aromatic rings. The van der Waals surface area contributed by atoms with Crippen molar-refractivity contribution in [2.45, 2.75) is 0 Å². The van der Waals surface area contributed by atoms with Crippen LogP contribution in [0.15, 0.2) is 115 Å². The fourth-order valence-electron chi connectivity index (χ4n) is 3.62. The van der Waals surface area contributed by atoms with Crippen molar-refractivity contribution >= 4 is 25.6 Å². The number of nitrogens with zero attached hydrogens (tertiary/aromatic N) is 3. The second kappa shape index (κ2) is 11.4. The van der Waals surface area contributed by atoms with Crippen molar-refractivity contribution in [2.75, 3.05) is 4.90 Å². The molecule has 0 aliphatic carbocycles. The molecule has 2 heterocycles. The zero-order valence-corrected chi connectivity index (χ0v) is 20.4. The average Bonchev–Trinajstić information content (AvgIpc) is 2.86. The van der Waals surface area contributed by atoms with E-state index in [-0.39, 0.29) is 35.2 Å². The number of rotatable bonds is 5. The average molecular weight is 620 g/mol. The first kappa shape index (κ1) is 24.9. The van der Waals surface area contributed by atoms with E-state index in [2.05, 4.69) is 16.0 Å². The second-order valence-electron chi connectivity index (χ2n) is 7.23. The van der Waals surface area contributed by atoms with Crippen molar-refractivity contribution in [2.24, 2.45) is 0 Å². The molecule has 6 heteroatoms. The Kier molecular flexibility index (Phi) is 8.40. The summed E-state index contributed by atoms with van der Waals surface area (Å²) >= 11 is 0. The van der Waals surface area contributed by atoms with E-state index in [9.17, 15) is 5.11 Å². The van der Waals surface area contributed by atoms with E-state index in [4.69, 9.17) is 4.98 Å². The van der Waals surface area contributed by atoms with Crippen LogP contribution in [0.2, 0.25) is 0 Å². The van der Waals surface area contributed by atoms with Gasteiger partial charge in [-0.1, -0.05) is 48.5 Å². The Morgan fingerprint density at radius 2 is 1.38 bits per heavy atom. The van der Waals surface area contributed by atoms with Gasteiger partial charge in [0, 0.05) is 46.9 Å². The van der Waals surface area contributed by atoms with Gasteiger partial charge in [0.15, 0.2) is 0 Å². The zero-order chi connectivity index (χ0) is 21.8. The van der Waals surface area contributed by atoms with Gasteiger partial charge in [-0.3, -0.25) is 4.98 Å². The van der Waals surface area contributed by atoms with Crippen LogP contribution in [0.4, 0.5) is 17.2 Å². The van der Waals surface area contributed by atoms with Crippen molar-refractivity contribution in [1.29, 1.82) is 0 Å². The standard InChI is InChI=1S/C28H20N3O.B.Pt/c32-27-17-5-4-14-24(27)26-16-9-15-25(30-26)21-10-8-13-23(20-21)31(22-11-2-1-3-12-22)28-18-6-7-19-29-28;;/h1-19,32H;;/q-1;;. The van der Waals surface area contributed by atoms with Crippen molar-refractivity contribution < 1.29 is 26.2 Å². The zero-order valence-electron chi connectivity index (χ0n) is 18.2. The molecule has 0 aliphatic rings. The van der Waals surface area contributed by atoms with E-state index in [0.29, 0.717) is 11.3 Å². The predicted molar refractivity (Wildman–Crippen MR) is 134 cm³/mol. The molecule has 0 unspecified atom stereocenters. The van der Waals surface area contributed by atoms with E-state index >= 15 is 0 Å². The third-order valence-electron chi connectivity index (χ3n) is 5.12. The van der Waals surface area contributed by atoms with Gasteiger partial charge in [-0.15, -0.1) is 29.8 Å². The van der Waals surface area contributed by atoms with Crippen LogP contribution in [0.25, 0.3) is 22.5 Å². The molecule has 5 rings (SSSR count). The van der Waals surface area contributed by atoms with Gasteiger partial charge in [0.05, 0.1) is 5.69 Å². The fraction of sp³-hybridized carbons (Fsp3) is 0. The normalized spacial score (nSPS) is 10.0. The fourth-order valence-corrected chi connectivity index (χ4v) is 3.62. The molecule has 0 bridgehead atoms. The molecule has 167 valence electrons. The smallest absolute Gasteiger partial charge is 0.136 e. The Balaban J connectivity index is 0.00000162. The van der Waals surface area contributed by atoms with E-state index in [0.717, 1.165) is 28.5 Å². The summed E-state index contributed by atoms with van der Waals surface area (Å²) in [6.45, 7) is 0. The van der Waals surface area contributed by atoms with Crippen LogP contribution in [0, 0.1) is 6.07 Å². The van der Waals surface area contributed by atoms with E-state index in [1.807, 2.05) is 97.1 Å². The van der Waals surface area contributed by atoms with Crippen molar-refractivity contribution in [1.82, 2.24) is 9.97 Å². The number of aromatic nitrogens is 2. The molecule has 0 amide bonds. The third kappa shape index (κ3) is 5.27. The first-order chi connectivity index (χ1) is 15.8. The predicted octanol–water partition coefficient (Wildman–Crippen LogP) is 6.40. The second-order valence-corrected chi connectivity index (χ2v) is 7.23. The summed E-state index contributed by atoms with van der Waals surface area (Å²) in [7, 11) is 0. The number of benzene rings is 3. The van der Waals surface area contributed by atoms with Crippen molar-refractivity contribution in [3.8, 4) is 28.3 Å². The van der Waals surface area contributed by atoms with Crippen LogP contribution in [-0.4, -0.2) is 23.5 Å². The Morgan fingerprint density at radius 1 is 0.676 bits per heavy atom. The summed E-state index contributed by atoms with van der Waals surface area (Å²) in [4.78, 5) is 11.4. The molecule has 0 aliphatic heterocycles. The molecule has 0 saturated carbocycles. The van der Waals surface area contributed by atoms with Crippen LogP contribution in [-0.2, 0) is 21.1 Å². The Hall–Kier alpha value is -3.69. The summed E-state index contributed by atoms with van der Waals surface area (Å²) in [5.74, 6) is 1.02. The maximum Gasteiger partial charge on any atom is 0.136 e. The molecule has 4 nitrogen and oxygen atoms in total. The van der Waals surface area contributed by atoms with Crippen LogP contribution in [0.3, 0.4) is 0 Å². The molecule has 0 fully saturated rings. The van der Waals surface area contributed by atoms with Crippen LogP contribution in [0.1, 0.15) is 0 Å². The van der Waals surface area contributed by atoms with E-state index < -0.39 is 0 Å². The molecule has 1 N–H and O–H groups in total. The van der Waals surface area contributed by atoms with E-state index in [1.54, 1.807) is 18.3 Å². The first-order valence-corrected chi connectivity index (χ1v) is 10.3. The van der Waals surface area contributed by atoms with Gasteiger partial charge in [0.25, 0.3) is 0 Å². The Bertz CT molecular complexity index is 1310. The van der Waals surface area contributed by atoms with Gasteiger partial charge >= 0.3 is 0 Å². The molecule has 2 aromatic heterocycles. The summed E-state index contributed by atoms with van der Waals surface area (Å²) in [6, 6.07) is 38.5. The van der Waals surface area contributed by atoms with Gasteiger partial charge in [-0.05, 0) is 53.8 Å². The van der Waals surface area contributed by atoms with Gasteiger partial charge in [0.1, 0.15) is 11.6 Å². The summed E-state index contributed by atoms with van der Waals surface area (Å²) in [5, 5.41) is 10.2. The minimum atomic E-state index is 0. The molecule has 0 atom stereocenters. The SMILES string of the molecule is Oc1ccccc1-c1cccc(-c2[c-]c(N(c3ccccc3)c3ccccn3)ccc2)n1.[B].[Pt]. The number of hydrogen-bond acceptors (Lipinski definition) is 4. The first-order valence-electron chi connectivity index (χ1n) is 10.3. The monoisotopic (exact) mass is 620 g/mol. The summed E-state index contributed by atoms with van der Waals surface area (Å²) in [6.07, 6.45) is 1.78. The number of aromatic hydroxyl groups is 1. The number of phenols is 1. The number of anilines is 3. The third-order valence-corrected chi connectivity index (χ3v) is 5.12. The van der Waals surface area contributed by atoms with Crippen molar-refractivity contribution in [3.05, 3.63) is 121 Å². The number of phenolic OH excluding ortho intramolecular Hbond substituents is 1.